The number of hydrogen-bond donors (Lipinski definition) is 1. The van der Waals surface area contributed by atoms with Gasteiger partial charge < -0.3 is 15.5 Å². The van der Waals surface area contributed by atoms with Crippen LogP contribution in [0.15, 0.2) is 60.7 Å². The van der Waals surface area contributed by atoms with E-state index in [0.29, 0.717) is 25.9 Å². The molecule has 30 heavy (non-hydrogen) atoms. The summed E-state index contributed by atoms with van der Waals surface area (Å²) in [5, 5.41) is 0. The van der Waals surface area contributed by atoms with E-state index in [1.165, 1.54) is 0 Å². The first-order valence-corrected chi connectivity index (χ1v) is 10.6. The van der Waals surface area contributed by atoms with Gasteiger partial charge in [0.2, 0.25) is 11.8 Å². The minimum absolute atomic E-state index is 0. The Bertz CT molecular complexity index is 846. The molecule has 2 heterocycles. The number of nitrogens with two attached hydrogens (primary N) is 1. The molecule has 2 saturated heterocycles. The number of nitrogens with zero attached hydrogens (tertiary/aromatic N) is 2. The van der Waals surface area contributed by atoms with Crippen LogP contribution in [0, 0.1) is 5.92 Å². The Labute approximate surface area is 184 Å². The Morgan fingerprint density at radius 2 is 1.67 bits per heavy atom. The minimum Gasteiger partial charge on any atom is -0.341 e. The zero-order valence-corrected chi connectivity index (χ0v) is 18.0. The molecule has 2 aromatic rings. The molecule has 160 valence electrons. The second-order valence-corrected chi connectivity index (χ2v) is 8.19. The topological polar surface area (TPSA) is 66.6 Å². The van der Waals surface area contributed by atoms with E-state index >= 15 is 0 Å². The van der Waals surface area contributed by atoms with Crippen molar-refractivity contribution < 1.29 is 9.59 Å². The van der Waals surface area contributed by atoms with E-state index in [4.69, 9.17) is 5.73 Å². The molecule has 2 aromatic carbocycles. The van der Waals surface area contributed by atoms with Gasteiger partial charge in [0.1, 0.15) is 0 Å². The Kier molecular flexibility index (Phi) is 7.51. The number of carbonyl (C=O) groups excluding carboxylic acids is 2. The third kappa shape index (κ3) is 4.85. The van der Waals surface area contributed by atoms with Gasteiger partial charge in [-0.1, -0.05) is 60.7 Å². The molecule has 6 heteroatoms. The van der Waals surface area contributed by atoms with Crippen molar-refractivity contribution in [1.82, 2.24) is 9.80 Å². The van der Waals surface area contributed by atoms with Crippen LogP contribution in [0.3, 0.4) is 0 Å². The smallest absolute Gasteiger partial charge is 0.228 e. The lowest BCUT2D eigenvalue weighted by Gasteiger charge is -2.43. The van der Waals surface area contributed by atoms with Gasteiger partial charge in [-0.2, -0.15) is 0 Å². The van der Waals surface area contributed by atoms with E-state index in [9.17, 15) is 9.59 Å². The standard InChI is InChI=1S/C24H29N3O2.ClH/c25-20-12-7-15-26(17-20)24(29)21-13-14-22(28)27(16-18-8-3-1-4-9-18)23(21)19-10-5-2-6-11-19;/h1-6,8-11,20-21,23H,7,12-17,25H2;1H. The Hall–Kier alpha value is -2.37. The molecule has 0 aromatic heterocycles. The third-order valence-corrected chi connectivity index (χ3v) is 6.13. The number of halogens is 1. The van der Waals surface area contributed by atoms with Gasteiger partial charge in [0, 0.05) is 32.1 Å². The molecule has 0 aliphatic carbocycles. The van der Waals surface area contributed by atoms with Gasteiger partial charge in [-0.15, -0.1) is 12.4 Å². The molecule has 0 radical (unpaired) electrons. The molecule has 2 fully saturated rings. The first-order valence-electron chi connectivity index (χ1n) is 10.6. The molecule has 4 rings (SSSR count). The van der Waals surface area contributed by atoms with Gasteiger partial charge in [-0.25, -0.2) is 0 Å². The summed E-state index contributed by atoms with van der Waals surface area (Å²) in [4.78, 5) is 30.3. The van der Waals surface area contributed by atoms with E-state index in [2.05, 4.69) is 0 Å². The maximum atomic E-state index is 13.5. The second-order valence-electron chi connectivity index (χ2n) is 8.19. The number of piperidine rings is 2. The molecule has 2 amide bonds. The SMILES string of the molecule is Cl.NC1CCCN(C(=O)C2CCC(=O)N(Cc3ccccc3)C2c2ccccc2)C1. The lowest BCUT2D eigenvalue weighted by molar-refractivity contribution is -0.149. The molecule has 3 unspecified atom stereocenters. The molecule has 0 saturated carbocycles. The van der Waals surface area contributed by atoms with Gasteiger partial charge >= 0.3 is 0 Å². The Morgan fingerprint density at radius 3 is 2.33 bits per heavy atom. The number of likely N-dealkylation sites (tertiary alicyclic amines) is 2. The van der Waals surface area contributed by atoms with E-state index in [-0.39, 0.29) is 42.2 Å². The first-order chi connectivity index (χ1) is 14.1. The third-order valence-electron chi connectivity index (χ3n) is 6.13. The molecule has 2 N–H and O–H groups in total. The van der Waals surface area contributed by atoms with Crippen LogP contribution in [-0.2, 0) is 16.1 Å². The second kappa shape index (κ2) is 10.1. The molecule has 2 aliphatic rings. The summed E-state index contributed by atoms with van der Waals surface area (Å²) in [6, 6.07) is 19.8. The van der Waals surface area contributed by atoms with Gasteiger partial charge in [0.15, 0.2) is 0 Å². The fraction of sp³-hybridized carbons (Fsp3) is 0.417. The highest BCUT2D eigenvalue weighted by atomic mass is 35.5. The minimum atomic E-state index is -0.247. The number of hydrogen-bond acceptors (Lipinski definition) is 3. The molecular weight excluding hydrogens is 398 g/mol. The normalized spacial score (nSPS) is 24.3. The fourth-order valence-electron chi connectivity index (χ4n) is 4.69. The van der Waals surface area contributed by atoms with E-state index < -0.39 is 0 Å². The summed E-state index contributed by atoms with van der Waals surface area (Å²) in [5.41, 5.74) is 8.23. The largest absolute Gasteiger partial charge is 0.341 e. The molecule has 0 spiro atoms. The number of amides is 2. The molecule has 5 nitrogen and oxygen atoms in total. The summed E-state index contributed by atoms with van der Waals surface area (Å²) in [6.45, 7) is 1.89. The van der Waals surface area contributed by atoms with Crippen LogP contribution < -0.4 is 5.73 Å². The highest BCUT2D eigenvalue weighted by molar-refractivity contribution is 5.85. The molecule has 3 atom stereocenters. The van der Waals surface area contributed by atoms with Gasteiger partial charge in [-0.3, -0.25) is 9.59 Å². The molecule has 2 aliphatic heterocycles. The van der Waals surface area contributed by atoms with Gasteiger partial charge in [0.05, 0.1) is 12.0 Å². The quantitative estimate of drug-likeness (QED) is 0.811. The summed E-state index contributed by atoms with van der Waals surface area (Å²) in [7, 11) is 0. The Balaban J connectivity index is 0.00000256. The summed E-state index contributed by atoms with van der Waals surface area (Å²) >= 11 is 0. The highest BCUT2D eigenvalue weighted by Crippen LogP contribution is 2.39. The zero-order valence-electron chi connectivity index (χ0n) is 17.2. The highest BCUT2D eigenvalue weighted by Gasteiger charge is 2.42. The number of benzene rings is 2. The van der Waals surface area contributed by atoms with Crippen LogP contribution in [0.2, 0.25) is 0 Å². The van der Waals surface area contributed by atoms with E-state index in [0.717, 1.165) is 30.5 Å². The van der Waals surface area contributed by atoms with Crippen molar-refractivity contribution in [2.45, 2.75) is 44.3 Å². The van der Waals surface area contributed by atoms with Crippen molar-refractivity contribution in [3.05, 3.63) is 71.8 Å². The summed E-state index contributed by atoms with van der Waals surface area (Å²) in [5.74, 6) is 0.0192. The zero-order chi connectivity index (χ0) is 20.2. The fourth-order valence-corrected chi connectivity index (χ4v) is 4.69. The first kappa shape index (κ1) is 22.3. The van der Waals surface area contributed by atoms with Crippen molar-refractivity contribution >= 4 is 24.2 Å². The average molecular weight is 428 g/mol. The lowest BCUT2D eigenvalue weighted by atomic mass is 9.82. The monoisotopic (exact) mass is 427 g/mol. The summed E-state index contributed by atoms with van der Waals surface area (Å²) < 4.78 is 0. The van der Waals surface area contributed by atoms with Crippen LogP contribution in [0.1, 0.15) is 42.9 Å². The average Bonchev–Trinajstić information content (AvgIpc) is 2.76. The van der Waals surface area contributed by atoms with Crippen LogP contribution in [0.4, 0.5) is 0 Å². The molecule has 0 bridgehead atoms. The maximum absolute atomic E-state index is 13.5. The van der Waals surface area contributed by atoms with Crippen molar-refractivity contribution in [2.75, 3.05) is 13.1 Å². The van der Waals surface area contributed by atoms with Gasteiger partial charge in [-0.05, 0) is 30.4 Å². The van der Waals surface area contributed by atoms with Crippen LogP contribution in [0.25, 0.3) is 0 Å². The number of carbonyl (C=O) groups is 2. The maximum Gasteiger partial charge on any atom is 0.228 e. The van der Waals surface area contributed by atoms with E-state index in [1.807, 2.05) is 70.5 Å². The van der Waals surface area contributed by atoms with Crippen LogP contribution in [-0.4, -0.2) is 40.7 Å². The van der Waals surface area contributed by atoms with Crippen molar-refractivity contribution in [3.8, 4) is 0 Å². The molecular formula is C24H30ClN3O2. The van der Waals surface area contributed by atoms with E-state index in [1.54, 1.807) is 0 Å². The van der Waals surface area contributed by atoms with Crippen molar-refractivity contribution in [2.24, 2.45) is 11.7 Å². The Morgan fingerprint density at radius 1 is 1.00 bits per heavy atom. The van der Waals surface area contributed by atoms with Crippen LogP contribution in [0.5, 0.6) is 0 Å². The van der Waals surface area contributed by atoms with Crippen LogP contribution >= 0.6 is 12.4 Å². The van der Waals surface area contributed by atoms with Crippen molar-refractivity contribution in [1.29, 1.82) is 0 Å². The van der Waals surface area contributed by atoms with Gasteiger partial charge in [0.25, 0.3) is 0 Å². The predicted molar refractivity (Wildman–Crippen MR) is 120 cm³/mol. The lowest BCUT2D eigenvalue weighted by Crippen LogP contribution is -2.52. The van der Waals surface area contributed by atoms with Crippen molar-refractivity contribution in [3.63, 3.8) is 0 Å². The summed E-state index contributed by atoms with van der Waals surface area (Å²) in [6.07, 6.45) is 2.91. The number of rotatable bonds is 4. The predicted octanol–water partition coefficient (Wildman–Crippen LogP) is 3.54.